The maximum absolute atomic E-state index is 9.49. The summed E-state index contributed by atoms with van der Waals surface area (Å²) in [5, 5.41) is 9.49. The van der Waals surface area contributed by atoms with Crippen LogP contribution in [-0.4, -0.2) is 35.2 Å². The molecule has 0 aromatic heterocycles. The summed E-state index contributed by atoms with van der Waals surface area (Å²) in [4.78, 5) is 2.46. The molecule has 0 bridgehead atoms. The predicted molar refractivity (Wildman–Crippen MR) is 51.2 cm³/mol. The molecule has 1 aliphatic rings. The van der Waals surface area contributed by atoms with E-state index in [1.807, 2.05) is 0 Å². The molecule has 2 nitrogen and oxygen atoms in total. The second kappa shape index (κ2) is 4.83. The first-order valence-electron chi connectivity index (χ1n) is 5.12. The van der Waals surface area contributed by atoms with E-state index in [4.69, 9.17) is 0 Å². The maximum Gasteiger partial charge on any atom is 0.0552 e. The first-order chi connectivity index (χ1) is 5.70. The predicted octanol–water partition coefficient (Wildman–Crippen LogP) is 1.63. The van der Waals surface area contributed by atoms with Gasteiger partial charge in [-0.2, -0.15) is 0 Å². The van der Waals surface area contributed by atoms with Crippen molar-refractivity contribution in [3.8, 4) is 0 Å². The van der Waals surface area contributed by atoms with E-state index >= 15 is 0 Å². The summed E-state index contributed by atoms with van der Waals surface area (Å²) in [5.41, 5.74) is 0. The zero-order chi connectivity index (χ0) is 8.97. The van der Waals surface area contributed by atoms with E-state index in [1.165, 1.54) is 19.4 Å². The summed E-state index contributed by atoms with van der Waals surface area (Å²) >= 11 is 0. The highest BCUT2D eigenvalue weighted by Crippen LogP contribution is 2.12. The van der Waals surface area contributed by atoms with Crippen molar-refractivity contribution in [1.29, 1.82) is 0 Å². The molecule has 1 N–H and O–H groups in total. The Hall–Kier alpha value is -0.0800. The van der Waals surface area contributed by atoms with E-state index < -0.39 is 0 Å². The van der Waals surface area contributed by atoms with Gasteiger partial charge >= 0.3 is 0 Å². The van der Waals surface area contributed by atoms with Crippen LogP contribution < -0.4 is 0 Å². The van der Waals surface area contributed by atoms with Crippen molar-refractivity contribution in [2.75, 3.05) is 13.1 Å². The van der Waals surface area contributed by atoms with Crippen molar-refractivity contribution in [1.82, 2.24) is 4.90 Å². The lowest BCUT2D eigenvalue weighted by Gasteiger charge is -2.29. The van der Waals surface area contributed by atoms with E-state index in [-0.39, 0.29) is 6.10 Å². The average Bonchev–Trinajstić information content (AvgIpc) is 1.97. The molecule has 0 aromatic carbocycles. The molecule has 0 saturated carbocycles. The molecule has 1 atom stereocenters. The van der Waals surface area contributed by atoms with Gasteiger partial charge in [0.1, 0.15) is 0 Å². The Balaban J connectivity index is 2.34. The fourth-order valence-corrected chi connectivity index (χ4v) is 1.78. The van der Waals surface area contributed by atoms with Crippen molar-refractivity contribution in [2.45, 2.75) is 51.7 Å². The highest BCUT2D eigenvalue weighted by Gasteiger charge is 2.14. The molecule has 0 amide bonds. The number of aliphatic hydroxyl groups excluding tert-OH is 1. The Kier molecular flexibility index (Phi) is 4.02. The maximum atomic E-state index is 9.49. The highest BCUT2D eigenvalue weighted by molar-refractivity contribution is 4.69. The summed E-state index contributed by atoms with van der Waals surface area (Å²) in [7, 11) is 0. The second-order valence-electron chi connectivity index (χ2n) is 4.07. The summed E-state index contributed by atoms with van der Waals surface area (Å²) in [6.45, 7) is 6.74. The molecule has 2 heteroatoms. The van der Waals surface area contributed by atoms with Gasteiger partial charge in [0.05, 0.1) is 6.10 Å². The van der Waals surface area contributed by atoms with E-state index in [0.717, 1.165) is 19.4 Å². The third kappa shape index (κ3) is 3.11. The lowest BCUT2D eigenvalue weighted by molar-refractivity contribution is 0.103. The lowest BCUT2D eigenvalue weighted by Crippen LogP contribution is -2.35. The van der Waals surface area contributed by atoms with Gasteiger partial charge in [0.15, 0.2) is 0 Å². The van der Waals surface area contributed by atoms with Gasteiger partial charge in [0.2, 0.25) is 0 Å². The van der Waals surface area contributed by atoms with Crippen LogP contribution in [0.4, 0.5) is 0 Å². The summed E-state index contributed by atoms with van der Waals surface area (Å²) in [6, 6.07) is 0.635. The van der Waals surface area contributed by atoms with Crippen LogP contribution in [0, 0.1) is 0 Å². The number of hydrogen-bond acceptors (Lipinski definition) is 2. The van der Waals surface area contributed by atoms with Crippen LogP contribution >= 0.6 is 0 Å². The Morgan fingerprint density at radius 3 is 2.58 bits per heavy atom. The number of nitrogens with zero attached hydrogens (tertiary/aromatic N) is 1. The summed E-state index contributed by atoms with van der Waals surface area (Å²) < 4.78 is 0. The normalized spacial score (nSPS) is 28.5. The van der Waals surface area contributed by atoms with Crippen molar-refractivity contribution >= 4 is 0 Å². The number of likely N-dealkylation sites (tertiary alicyclic amines) is 1. The second-order valence-corrected chi connectivity index (χ2v) is 4.07. The third-order valence-electron chi connectivity index (χ3n) is 2.71. The van der Waals surface area contributed by atoms with E-state index in [9.17, 15) is 5.11 Å². The molecule has 12 heavy (non-hydrogen) atoms. The Bertz CT molecular complexity index is 125. The minimum absolute atomic E-state index is 0.0495. The summed E-state index contributed by atoms with van der Waals surface area (Å²) in [5.74, 6) is 0. The van der Waals surface area contributed by atoms with E-state index in [1.54, 1.807) is 0 Å². The van der Waals surface area contributed by atoms with Crippen LogP contribution in [0.3, 0.4) is 0 Å². The first kappa shape index (κ1) is 10.0. The van der Waals surface area contributed by atoms with Crippen molar-refractivity contribution in [3.63, 3.8) is 0 Å². The molecule has 0 aromatic rings. The third-order valence-corrected chi connectivity index (χ3v) is 2.71. The number of hydrogen-bond donors (Lipinski definition) is 1. The van der Waals surface area contributed by atoms with Gasteiger partial charge in [-0.15, -0.1) is 0 Å². The fourth-order valence-electron chi connectivity index (χ4n) is 1.78. The molecular weight excluding hydrogens is 150 g/mol. The fraction of sp³-hybridized carbons (Fsp3) is 1.00. The van der Waals surface area contributed by atoms with Crippen molar-refractivity contribution in [2.24, 2.45) is 0 Å². The average molecular weight is 171 g/mol. The van der Waals surface area contributed by atoms with Gasteiger partial charge in [0, 0.05) is 12.6 Å². The molecule has 0 spiro atoms. The minimum atomic E-state index is -0.0495. The standard InChI is InChI=1S/C10H21NO/c1-9(2)11-7-4-3-5-10(12)6-8-11/h9-10,12H,3-8H2,1-2H3. The van der Waals surface area contributed by atoms with Crippen LogP contribution in [-0.2, 0) is 0 Å². The zero-order valence-corrected chi connectivity index (χ0v) is 8.29. The van der Waals surface area contributed by atoms with Crippen LogP contribution in [0.15, 0.2) is 0 Å². The van der Waals surface area contributed by atoms with Crippen LogP contribution in [0.2, 0.25) is 0 Å². The zero-order valence-electron chi connectivity index (χ0n) is 8.29. The molecule has 0 aliphatic carbocycles. The van der Waals surface area contributed by atoms with Gasteiger partial charge in [-0.3, -0.25) is 0 Å². The Labute approximate surface area is 75.6 Å². The minimum Gasteiger partial charge on any atom is -0.393 e. The molecule has 72 valence electrons. The molecule has 1 rings (SSSR count). The SMILES string of the molecule is CC(C)N1CCCCC(O)CC1. The van der Waals surface area contributed by atoms with Crippen molar-refractivity contribution in [3.05, 3.63) is 0 Å². The number of aliphatic hydroxyl groups is 1. The molecular formula is C10H21NO. The van der Waals surface area contributed by atoms with Crippen LogP contribution in [0.5, 0.6) is 0 Å². The lowest BCUT2D eigenvalue weighted by atomic mass is 10.1. The molecule has 0 radical (unpaired) electrons. The summed E-state index contributed by atoms with van der Waals surface area (Å²) in [6.07, 6.45) is 4.34. The highest BCUT2D eigenvalue weighted by atomic mass is 16.3. The Morgan fingerprint density at radius 1 is 1.17 bits per heavy atom. The molecule has 1 saturated heterocycles. The van der Waals surface area contributed by atoms with E-state index in [2.05, 4.69) is 18.7 Å². The quantitative estimate of drug-likeness (QED) is 0.648. The number of rotatable bonds is 1. The van der Waals surface area contributed by atoms with Crippen LogP contribution in [0.1, 0.15) is 39.5 Å². The molecule has 1 fully saturated rings. The topological polar surface area (TPSA) is 23.5 Å². The smallest absolute Gasteiger partial charge is 0.0552 e. The van der Waals surface area contributed by atoms with E-state index in [0.29, 0.717) is 6.04 Å². The van der Waals surface area contributed by atoms with Gasteiger partial charge in [-0.1, -0.05) is 0 Å². The van der Waals surface area contributed by atoms with Crippen molar-refractivity contribution < 1.29 is 5.11 Å². The molecule has 1 aliphatic heterocycles. The van der Waals surface area contributed by atoms with Gasteiger partial charge < -0.3 is 10.0 Å². The van der Waals surface area contributed by atoms with Gasteiger partial charge in [-0.25, -0.2) is 0 Å². The molecule has 1 unspecified atom stereocenters. The molecule has 1 heterocycles. The Morgan fingerprint density at radius 2 is 1.92 bits per heavy atom. The monoisotopic (exact) mass is 171 g/mol. The van der Waals surface area contributed by atoms with Crippen LogP contribution in [0.25, 0.3) is 0 Å². The first-order valence-corrected chi connectivity index (χ1v) is 5.12. The largest absolute Gasteiger partial charge is 0.393 e. The van der Waals surface area contributed by atoms with Gasteiger partial charge in [0.25, 0.3) is 0 Å². The van der Waals surface area contributed by atoms with Gasteiger partial charge in [-0.05, 0) is 46.1 Å².